The standard InChI is InChI=1S/C13H16N2O2/c16-13-12(9-5-7-14-8-6-9)17-11-4-2-1-3-10(11)15-13/h1-4,9,12,14H,5-8H2,(H,15,16). The number of rotatable bonds is 1. The summed E-state index contributed by atoms with van der Waals surface area (Å²) in [4.78, 5) is 12.0. The van der Waals surface area contributed by atoms with E-state index in [1.807, 2.05) is 24.3 Å². The first-order chi connectivity index (χ1) is 8.34. The van der Waals surface area contributed by atoms with Crippen molar-refractivity contribution in [1.82, 2.24) is 5.32 Å². The van der Waals surface area contributed by atoms with E-state index in [2.05, 4.69) is 10.6 Å². The smallest absolute Gasteiger partial charge is 0.265 e. The van der Waals surface area contributed by atoms with Gasteiger partial charge in [0.25, 0.3) is 5.91 Å². The number of carbonyl (C=O) groups excluding carboxylic acids is 1. The Labute approximate surface area is 100 Å². The molecule has 2 heterocycles. The second-order valence-corrected chi connectivity index (χ2v) is 4.61. The third-order valence-electron chi connectivity index (χ3n) is 3.47. The van der Waals surface area contributed by atoms with Gasteiger partial charge in [0.15, 0.2) is 6.10 Å². The maximum absolute atomic E-state index is 12.0. The largest absolute Gasteiger partial charge is 0.478 e. The molecule has 0 aliphatic carbocycles. The minimum Gasteiger partial charge on any atom is -0.478 e. The minimum atomic E-state index is -0.327. The topological polar surface area (TPSA) is 50.4 Å². The monoisotopic (exact) mass is 232 g/mol. The van der Waals surface area contributed by atoms with Crippen LogP contribution in [-0.2, 0) is 4.79 Å². The molecule has 0 aromatic heterocycles. The van der Waals surface area contributed by atoms with Crippen molar-refractivity contribution in [1.29, 1.82) is 0 Å². The van der Waals surface area contributed by atoms with E-state index >= 15 is 0 Å². The van der Waals surface area contributed by atoms with Crippen molar-refractivity contribution in [3.05, 3.63) is 24.3 Å². The van der Waals surface area contributed by atoms with Gasteiger partial charge in [-0.2, -0.15) is 0 Å². The summed E-state index contributed by atoms with van der Waals surface area (Å²) in [6, 6.07) is 7.60. The lowest BCUT2D eigenvalue weighted by atomic mass is 9.91. The molecule has 1 aromatic rings. The van der Waals surface area contributed by atoms with Crippen molar-refractivity contribution in [2.45, 2.75) is 18.9 Å². The Morgan fingerprint density at radius 2 is 1.94 bits per heavy atom. The number of nitrogens with one attached hydrogen (secondary N) is 2. The number of anilines is 1. The van der Waals surface area contributed by atoms with Gasteiger partial charge in [-0.3, -0.25) is 4.79 Å². The van der Waals surface area contributed by atoms with Crippen molar-refractivity contribution in [2.75, 3.05) is 18.4 Å². The molecule has 90 valence electrons. The molecule has 1 saturated heterocycles. The molecule has 1 fully saturated rings. The van der Waals surface area contributed by atoms with Crippen molar-refractivity contribution >= 4 is 11.6 Å². The predicted molar refractivity (Wildman–Crippen MR) is 65.1 cm³/mol. The lowest BCUT2D eigenvalue weighted by Crippen LogP contribution is -2.46. The van der Waals surface area contributed by atoms with E-state index in [-0.39, 0.29) is 12.0 Å². The highest BCUT2D eigenvalue weighted by Gasteiger charge is 2.34. The molecule has 1 unspecified atom stereocenters. The first kappa shape index (κ1) is 10.6. The number of piperidine rings is 1. The van der Waals surface area contributed by atoms with Gasteiger partial charge in [-0.05, 0) is 38.1 Å². The molecule has 0 radical (unpaired) electrons. The second-order valence-electron chi connectivity index (χ2n) is 4.61. The molecule has 0 saturated carbocycles. The maximum Gasteiger partial charge on any atom is 0.265 e. The number of ether oxygens (including phenoxy) is 1. The molecule has 4 nitrogen and oxygen atoms in total. The molecule has 0 bridgehead atoms. The molecule has 1 aromatic carbocycles. The molecule has 1 atom stereocenters. The van der Waals surface area contributed by atoms with Crippen molar-refractivity contribution in [3.8, 4) is 5.75 Å². The second kappa shape index (κ2) is 4.37. The molecule has 2 aliphatic rings. The number of carbonyl (C=O) groups is 1. The summed E-state index contributed by atoms with van der Waals surface area (Å²) in [5, 5.41) is 6.22. The van der Waals surface area contributed by atoms with E-state index in [9.17, 15) is 4.79 Å². The average molecular weight is 232 g/mol. The van der Waals surface area contributed by atoms with Crippen LogP contribution in [0.3, 0.4) is 0 Å². The Hall–Kier alpha value is -1.55. The van der Waals surface area contributed by atoms with Gasteiger partial charge < -0.3 is 15.4 Å². The third-order valence-corrected chi connectivity index (χ3v) is 3.47. The molecule has 2 N–H and O–H groups in total. The summed E-state index contributed by atoms with van der Waals surface area (Å²) in [5.41, 5.74) is 0.780. The van der Waals surface area contributed by atoms with E-state index in [1.165, 1.54) is 0 Å². The summed E-state index contributed by atoms with van der Waals surface area (Å²) >= 11 is 0. The fourth-order valence-electron chi connectivity index (χ4n) is 2.52. The highest BCUT2D eigenvalue weighted by molar-refractivity contribution is 5.97. The number of amides is 1. The van der Waals surface area contributed by atoms with Gasteiger partial charge in [0.1, 0.15) is 5.75 Å². The number of hydrogen-bond donors (Lipinski definition) is 2. The highest BCUT2D eigenvalue weighted by Crippen LogP contribution is 2.32. The van der Waals surface area contributed by atoms with E-state index in [0.29, 0.717) is 5.92 Å². The predicted octanol–water partition coefficient (Wildman–Crippen LogP) is 1.39. The van der Waals surface area contributed by atoms with Crippen LogP contribution in [0.2, 0.25) is 0 Å². The third kappa shape index (κ3) is 2.00. The fraction of sp³-hybridized carbons (Fsp3) is 0.462. The van der Waals surface area contributed by atoms with Crippen LogP contribution in [-0.4, -0.2) is 25.1 Å². The number of fused-ring (bicyclic) bond motifs is 1. The molecular formula is C13H16N2O2. The molecule has 0 spiro atoms. The van der Waals surface area contributed by atoms with Gasteiger partial charge in [0.2, 0.25) is 0 Å². The van der Waals surface area contributed by atoms with Gasteiger partial charge in [0, 0.05) is 5.92 Å². The normalized spacial score (nSPS) is 24.7. The van der Waals surface area contributed by atoms with Gasteiger partial charge in [-0.15, -0.1) is 0 Å². The Morgan fingerprint density at radius 3 is 2.76 bits per heavy atom. The van der Waals surface area contributed by atoms with Crippen LogP contribution in [0.5, 0.6) is 5.75 Å². The van der Waals surface area contributed by atoms with Crippen LogP contribution in [0, 0.1) is 5.92 Å². The van der Waals surface area contributed by atoms with Crippen molar-refractivity contribution in [2.24, 2.45) is 5.92 Å². The van der Waals surface area contributed by atoms with E-state index < -0.39 is 0 Å². The number of benzene rings is 1. The van der Waals surface area contributed by atoms with E-state index in [0.717, 1.165) is 37.4 Å². The van der Waals surface area contributed by atoms with Crippen LogP contribution in [0.15, 0.2) is 24.3 Å². The Bertz CT molecular complexity index is 427. The van der Waals surface area contributed by atoms with Gasteiger partial charge >= 0.3 is 0 Å². The SMILES string of the molecule is O=C1Nc2ccccc2OC1C1CCNCC1. The summed E-state index contributed by atoms with van der Waals surface area (Å²) in [5.74, 6) is 1.11. The van der Waals surface area contributed by atoms with E-state index in [4.69, 9.17) is 4.74 Å². The fourth-order valence-corrected chi connectivity index (χ4v) is 2.52. The Morgan fingerprint density at radius 1 is 1.18 bits per heavy atom. The average Bonchev–Trinajstić information content (AvgIpc) is 2.39. The molecule has 17 heavy (non-hydrogen) atoms. The lowest BCUT2D eigenvalue weighted by Gasteiger charge is -2.33. The molecular weight excluding hydrogens is 216 g/mol. The zero-order valence-corrected chi connectivity index (χ0v) is 9.61. The van der Waals surface area contributed by atoms with Crippen molar-refractivity contribution < 1.29 is 9.53 Å². The first-order valence-electron chi connectivity index (χ1n) is 6.12. The summed E-state index contributed by atoms with van der Waals surface area (Å²) in [7, 11) is 0. The molecule has 4 heteroatoms. The van der Waals surface area contributed by atoms with Crippen LogP contribution < -0.4 is 15.4 Å². The van der Waals surface area contributed by atoms with Crippen LogP contribution in [0.4, 0.5) is 5.69 Å². The van der Waals surface area contributed by atoms with Gasteiger partial charge in [-0.1, -0.05) is 12.1 Å². The quantitative estimate of drug-likeness (QED) is 0.769. The van der Waals surface area contributed by atoms with Gasteiger partial charge in [0.05, 0.1) is 5.69 Å². The molecule has 1 amide bonds. The molecule has 3 rings (SSSR count). The first-order valence-corrected chi connectivity index (χ1v) is 6.12. The zero-order valence-electron chi connectivity index (χ0n) is 9.61. The number of hydrogen-bond acceptors (Lipinski definition) is 3. The summed E-state index contributed by atoms with van der Waals surface area (Å²) < 4.78 is 5.84. The maximum atomic E-state index is 12.0. The number of para-hydroxylation sites is 2. The Kier molecular flexibility index (Phi) is 2.73. The van der Waals surface area contributed by atoms with Crippen LogP contribution in [0.1, 0.15) is 12.8 Å². The van der Waals surface area contributed by atoms with Crippen LogP contribution >= 0.6 is 0 Å². The van der Waals surface area contributed by atoms with E-state index in [1.54, 1.807) is 0 Å². The summed E-state index contributed by atoms with van der Waals surface area (Å²) in [6.45, 7) is 1.94. The minimum absolute atomic E-state index is 0.00407. The lowest BCUT2D eigenvalue weighted by molar-refractivity contribution is -0.126. The zero-order chi connectivity index (χ0) is 11.7. The Balaban J connectivity index is 1.81. The van der Waals surface area contributed by atoms with Gasteiger partial charge in [-0.25, -0.2) is 0 Å². The molecule has 2 aliphatic heterocycles. The van der Waals surface area contributed by atoms with Crippen molar-refractivity contribution in [3.63, 3.8) is 0 Å². The highest BCUT2D eigenvalue weighted by atomic mass is 16.5. The van der Waals surface area contributed by atoms with Crippen LogP contribution in [0.25, 0.3) is 0 Å². The summed E-state index contributed by atoms with van der Waals surface area (Å²) in [6.07, 6.45) is 1.67.